The van der Waals surface area contributed by atoms with Crippen LogP contribution in [0.5, 0.6) is 0 Å². The van der Waals surface area contributed by atoms with Crippen molar-refractivity contribution in [3.8, 4) is 0 Å². The Morgan fingerprint density at radius 2 is 2.14 bits per heavy atom. The Balaban J connectivity index is 2.41. The molecule has 1 fully saturated rings. The molecule has 1 aliphatic rings. The summed E-state index contributed by atoms with van der Waals surface area (Å²) in [5.74, 6) is -0.224. The van der Waals surface area contributed by atoms with Crippen LogP contribution in [0.4, 0.5) is 5.69 Å². The third-order valence-corrected chi connectivity index (χ3v) is 5.69. The van der Waals surface area contributed by atoms with Crippen molar-refractivity contribution < 1.29 is 13.2 Å². The maximum atomic E-state index is 12.8. The molecule has 1 heterocycles. The van der Waals surface area contributed by atoms with E-state index < -0.39 is 10.0 Å². The van der Waals surface area contributed by atoms with Gasteiger partial charge < -0.3 is 10.6 Å². The number of benzene rings is 1. The lowest BCUT2D eigenvalue weighted by atomic mass is 10.2. The van der Waals surface area contributed by atoms with E-state index in [1.165, 1.54) is 17.3 Å². The molecular weight excluding hydrogens is 290 g/mol. The van der Waals surface area contributed by atoms with Crippen LogP contribution < -0.4 is 10.6 Å². The van der Waals surface area contributed by atoms with Crippen molar-refractivity contribution >= 4 is 21.6 Å². The molecule has 1 saturated heterocycles. The summed E-state index contributed by atoms with van der Waals surface area (Å²) in [6, 6.07) is 4.86. The minimum atomic E-state index is -3.56. The number of carbonyl (C=O) groups excluding carboxylic acids is 1. The van der Waals surface area contributed by atoms with Crippen LogP contribution >= 0.6 is 0 Å². The van der Waals surface area contributed by atoms with Crippen molar-refractivity contribution in [2.75, 3.05) is 25.0 Å². The first-order valence-electron chi connectivity index (χ1n) is 6.93. The van der Waals surface area contributed by atoms with Crippen LogP contribution in [0.3, 0.4) is 0 Å². The van der Waals surface area contributed by atoms with Gasteiger partial charge in [-0.15, -0.1) is 0 Å². The van der Waals surface area contributed by atoms with E-state index in [4.69, 9.17) is 0 Å². The minimum Gasteiger partial charge on any atom is -0.326 e. The van der Waals surface area contributed by atoms with Gasteiger partial charge in [0, 0.05) is 38.3 Å². The van der Waals surface area contributed by atoms with Gasteiger partial charge in [-0.25, -0.2) is 8.42 Å². The van der Waals surface area contributed by atoms with E-state index in [1.807, 2.05) is 6.92 Å². The topological polar surface area (TPSA) is 78.5 Å². The first kappa shape index (κ1) is 15.9. The molecule has 0 bridgehead atoms. The first-order valence-corrected chi connectivity index (χ1v) is 8.37. The minimum absolute atomic E-state index is 0.0902. The third-order valence-electron chi connectivity index (χ3n) is 3.54. The Morgan fingerprint density at radius 1 is 1.43 bits per heavy atom. The molecule has 2 rings (SSSR count). The summed E-state index contributed by atoms with van der Waals surface area (Å²) < 4.78 is 27.2. The number of piperazine rings is 1. The molecule has 21 heavy (non-hydrogen) atoms. The predicted octanol–water partition coefficient (Wildman–Crippen LogP) is 0.936. The summed E-state index contributed by atoms with van der Waals surface area (Å²) in [5, 5.41) is 5.80. The Kier molecular flexibility index (Phi) is 4.65. The van der Waals surface area contributed by atoms with Crippen molar-refractivity contribution in [1.29, 1.82) is 0 Å². The van der Waals surface area contributed by atoms with Gasteiger partial charge in [0.15, 0.2) is 0 Å². The van der Waals surface area contributed by atoms with Crippen LogP contribution in [-0.4, -0.2) is 44.3 Å². The van der Waals surface area contributed by atoms with Crippen LogP contribution in [0.1, 0.15) is 19.4 Å². The molecule has 1 amide bonds. The van der Waals surface area contributed by atoms with Crippen LogP contribution in [0.2, 0.25) is 0 Å². The number of hydrogen-bond acceptors (Lipinski definition) is 4. The van der Waals surface area contributed by atoms with E-state index in [0.717, 1.165) is 0 Å². The monoisotopic (exact) mass is 311 g/mol. The fourth-order valence-electron chi connectivity index (χ4n) is 2.46. The smallest absolute Gasteiger partial charge is 0.243 e. The number of rotatable bonds is 3. The number of nitrogens with zero attached hydrogens (tertiary/aromatic N) is 1. The van der Waals surface area contributed by atoms with Gasteiger partial charge >= 0.3 is 0 Å². The van der Waals surface area contributed by atoms with E-state index in [0.29, 0.717) is 30.9 Å². The Hall–Kier alpha value is -1.44. The zero-order valence-electron chi connectivity index (χ0n) is 12.5. The maximum absolute atomic E-state index is 12.8. The molecule has 0 spiro atoms. The molecule has 1 aliphatic heterocycles. The molecule has 1 atom stereocenters. The van der Waals surface area contributed by atoms with Gasteiger partial charge in [-0.3, -0.25) is 4.79 Å². The predicted molar refractivity (Wildman–Crippen MR) is 81.7 cm³/mol. The van der Waals surface area contributed by atoms with Gasteiger partial charge in [0.05, 0.1) is 4.90 Å². The van der Waals surface area contributed by atoms with Crippen molar-refractivity contribution in [1.82, 2.24) is 9.62 Å². The van der Waals surface area contributed by atoms with Gasteiger partial charge in [0.1, 0.15) is 0 Å². The summed E-state index contributed by atoms with van der Waals surface area (Å²) >= 11 is 0. The largest absolute Gasteiger partial charge is 0.326 e. The number of aryl methyl sites for hydroxylation is 1. The van der Waals surface area contributed by atoms with Gasteiger partial charge in [-0.2, -0.15) is 4.31 Å². The molecule has 7 heteroatoms. The number of carbonyl (C=O) groups is 1. The fraction of sp³-hybridized carbons (Fsp3) is 0.500. The van der Waals surface area contributed by atoms with E-state index >= 15 is 0 Å². The normalized spacial score (nSPS) is 20.2. The van der Waals surface area contributed by atoms with Gasteiger partial charge in [0.2, 0.25) is 15.9 Å². The second kappa shape index (κ2) is 6.13. The molecule has 1 aromatic carbocycles. The second-order valence-electron chi connectivity index (χ2n) is 5.33. The first-order chi connectivity index (χ1) is 9.82. The molecule has 0 radical (unpaired) electrons. The highest BCUT2D eigenvalue weighted by Gasteiger charge is 2.32. The van der Waals surface area contributed by atoms with Crippen LogP contribution in [0.25, 0.3) is 0 Å². The SMILES string of the molecule is CC(=O)Nc1ccc(C)c(S(=O)(=O)N2CCNC[C@H]2C)c1. The zero-order chi connectivity index (χ0) is 15.6. The van der Waals surface area contributed by atoms with Gasteiger partial charge in [-0.1, -0.05) is 6.07 Å². The highest BCUT2D eigenvalue weighted by Crippen LogP contribution is 2.25. The molecule has 0 aromatic heterocycles. The lowest BCUT2D eigenvalue weighted by Gasteiger charge is -2.33. The maximum Gasteiger partial charge on any atom is 0.243 e. The Bertz CT molecular complexity index is 643. The molecule has 2 N–H and O–H groups in total. The molecule has 116 valence electrons. The lowest BCUT2D eigenvalue weighted by Crippen LogP contribution is -2.52. The summed E-state index contributed by atoms with van der Waals surface area (Å²) in [5.41, 5.74) is 1.17. The zero-order valence-corrected chi connectivity index (χ0v) is 13.3. The average molecular weight is 311 g/mol. The van der Waals surface area contributed by atoms with Crippen molar-refractivity contribution in [3.05, 3.63) is 23.8 Å². The highest BCUT2D eigenvalue weighted by atomic mass is 32.2. The third kappa shape index (κ3) is 3.42. The van der Waals surface area contributed by atoms with E-state index in [-0.39, 0.29) is 16.8 Å². The number of nitrogens with one attached hydrogen (secondary N) is 2. The Labute approximate surface area is 125 Å². The van der Waals surface area contributed by atoms with Gasteiger partial charge in [-0.05, 0) is 31.5 Å². The number of anilines is 1. The summed E-state index contributed by atoms with van der Waals surface area (Å²) in [7, 11) is -3.56. The lowest BCUT2D eigenvalue weighted by molar-refractivity contribution is -0.114. The van der Waals surface area contributed by atoms with E-state index in [9.17, 15) is 13.2 Å². The quantitative estimate of drug-likeness (QED) is 0.870. The van der Waals surface area contributed by atoms with Crippen molar-refractivity contribution in [3.63, 3.8) is 0 Å². The summed E-state index contributed by atoms with van der Waals surface area (Å²) in [6.07, 6.45) is 0. The average Bonchev–Trinajstić information content (AvgIpc) is 2.40. The van der Waals surface area contributed by atoms with Gasteiger partial charge in [0.25, 0.3) is 0 Å². The number of amides is 1. The summed E-state index contributed by atoms with van der Waals surface area (Å²) in [6.45, 7) is 6.78. The molecule has 0 aliphatic carbocycles. The van der Waals surface area contributed by atoms with Crippen LogP contribution in [0, 0.1) is 6.92 Å². The fourth-order valence-corrected chi connectivity index (χ4v) is 4.35. The van der Waals surface area contributed by atoms with Crippen LogP contribution in [-0.2, 0) is 14.8 Å². The molecule has 1 aromatic rings. The second-order valence-corrected chi connectivity index (χ2v) is 7.19. The highest BCUT2D eigenvalue weighted by molar-refractivity contribution is 7.89. The standard InChI is InChI=1S/C14H21N3O3S/c1-10-4-5-13(16-12(3)18)8-14(10)21(19,20)17-7-6-15-9-11(17)2/h4-5,8,11,15H,6-7,9H2,1-3H3,(H,16,18)/t11-/m1/s1. The van der Waals surface area contributed by atoms with E-state index in [2.05, 4.69) is 10.6 Å². The number of hydrogen-bond donors (Lipinski definition) is 2. The molecule has 6 nitrogen and oxygen atoms in total. The molecular formula is C14H21N3O3S. The van der Waals surface area contributed by atoms with Crippen LogP contribution in [0.15, 0.2) is 23.1 Å². The Morgan fingerprint density at radius 3 is 2.76 bits per heavy atom. The number of sulfonamides is 1. The van der Waals surface area contributed by atoms with Crippen molar-refractivity contribution in [2.24, 2.45) is 0 Å². The summed E-state index contributed by atoms with van der Waals surface area (Å²) in [4.78, 5) is 11.4. The van der Waals surface area contributed by atoms with Crippen molar-refractivity contribution in [2.45, 2.75) is 31.7 Å². The molecule has 0 unspecified atom stereocenters. The van der Waals surface area contributed by atoms with E-state index in [1.54, 1.807) is 19.1 Å². The molecule has 0 saturated carbocycles.